The molecular weight excluding hydrogens is 260 g/mol. The van der Waals surface area contributed by atoms with E-state index in [4.69, 9.17) is 4.74 Å². The number of aryl methyl sites for hydroxylation is 1. The number of ether oxygens (including phenoxy) is 1. The predicted molar refractivity (Wildman–Crippen MR) is 76.8 cm³/mol. The van der Waals surface area contributed by atoms with Crippen LogP contribution in [-0.2, 0) is 6.54 Å². The zero-order valence-electron chi connectivity index (χ0n) is 11.3. The number of methoxy groups -OCH3 is 1. The Morgan fingerprint density at radius 1 is 1.47 bits per heavy atom. The summed E-state index contributed by atoms with van der Waals surface area (Å²) < 4.78 is 5.12. The molecule has 1 unspecified atom stereocenters. The van der Waals surface area contributed by atoms with E-state index in [-0.39, 0.29) is 11.8 Å². The van der Waals surface area contributed by atoms with Gasteiger partial charge in [0.2, 0.25) is 0 Å². The maximum Gasteiger partial charge on any atom is 0.160 e. The van der Waals surface area contributed by atoms with Crippen LogP contribution in [0.3, 0.4) is 0 Å². The average Bonchev–Trinajstić information content (AvgIpc) is 2.82. The molecule has 5 heteroatoms. The van der Waals surface area contributed by atoms with Gasteiger partial charge in [0.25, 0.3) is 0 Å². The molecule has 0 aliphatic carbocycles. The predicted octanol–water partition coefficient (Wildman–Crippen LogP) is 3.02. The lowest BCUT2D eigenvalue weighted by Crippen LogP contribution is -2.18. The van der Waals surface area contributed by atoms with Gasteiger partial charge in [0, 0.05) is 17.5 Å². The van der Waals surface area contributed by atoms with E-state index in [2.05, 4.69) is 17.2 Å². The van der Waals surface area contributed by atoms with Crippen LogP contribution in [-0.4, -0.2) is 17.2 Å². The zero-order chi connectivity index (χ0) is 13.8. The average molecular weight is 278 g/mol. The molecule has 1 aromatic carbocycles. The van der Waals surface area contributed by atoms with Crippen LogP contribution >= 0.6 is 11.3 Å². The van der Waals surface area contributed by atoms with Crippen molar-refractivity contribution in [2.45, 2.75) is 26.4 Å². The fourth-order valence-electron chi connectivity index (χ4n) is 1.82. The minimum absolute atomic E-state index is 0.164. The molecule has 102 valence electrons. The first-order valence-electron chi connectivity index (χ1n) is 6.11. The van der Waals surface area contributed by atoms with Gasteiger partial charge in [-0.2, -0.15) is 0 Å². The molecule has 0 fully saturated rings. The molecule has 2 N–H and O–H groups in total. The number of aromatic hydroxyl groups is 1. The monoisotopic (exact) mass is 278 g/mol. The lowest BCUT2D eigenvalue weighted by atomic mass is 10.1. The summed E-state index contributed by atoms with van der Waals surface area (Å²) in [5.74, 6) is 0.664. The molecular formula is C14H18N2O2S. The third kappa shape index (κ3) is 3.24. The Morgan fingerprint density at radius 3 is 2.89 bits per heavy atom. The van der Waals surface area contributed by atoms with Crippen LogP contribution in [0.4, 0.5) is 0 Å². The summed E-state index contributed by atoms with van der Waals surface area (Å²) in [5.41, 5.74) is 4.02. The number of phenols is 1. The van der Waals surface area contributed by atoms with Crippen LogP contribution in [0.5, 0.6) is 11.5 Å². The Hall–Kier alpha value is -1.59. The van der Waals surface area contributed by atoms with Crippen molar-refractivity contribution in [1.29, 1.82) is 0 Å². The van der Waals surface area contributed by atoms with E-state index in [1.54, 1.807) is 24.5 Å². The summed E-state index contributed by atoms with van der Waals surface area (Å²) in [6, 6.07) is 5.59. The third-order valence-corrected chi connectivity index (χ3v) is 4.05. The molecule has 0 aliphatic rings. The van der Waals surface area contributed by atoms with Crippen LogP contribution in [0.15, 0.2) is 23.7 Å². The van der Waals surface area contributed by atoms with Gasteiger partial charge in [-0.1, -0.05) is 6.07 Å². The van der Waals surface area contributed by atoms with Gasteiger partial charge in [-0.25, -0.2) is 4.98 Å². The molecule has 2 aromatic rings. The second kappa shape index (κ2) is 6.04. The lowest BCUT2D eigenvalue weighted by Gasteiger charge is -2.15. The molecule has 0 saturated heterocycles. The molecule has 0 aliphatic heterocycles. The SMILES string of the molecule is COc1cc(C(C)NCc2scnc2C)ccc1O. The summed E-state index contributed by atoms with van der Waals surface area (Å²) >= 11 is 1.66. The van der Waals surface area contributed by atoms with Crippen LogP contribution < -0.4 is 10.1 Å². The van der Waals surface area contributed by atoms with E-state index in [1.165, 1.54) is 4.88 Å². The minimum atomic E-state index is 0.164. The number of hydrogen-bond donors (Lipinski definition) is 2. The zero-order valence-corrected chi connectivity index (χ0v) is 12.1. The fourth-order valence-corrected chi connectivity index (χ4v) is 2.55. The summed E-state index contributed by atoms with van der Waals surface area (Å²) in [6.45, 7) is 4.89. The minimum Gasteiger partial charge on any atom is -0.504 e. The highest BCUT2D eigenvalue weighted by Crippen LogP contribution is 2.29. The number of nitrogens with zero attached hydrogens (tertiary/aromatic N) is 1. The molecule has 1 heterocycles. The normalized spacial score (nSPS) is 12.4. The van der Waals surface area contributed by atoms with Crippen molar-refractivity contribution in [2.24, 2.45) is 0 Å². The Labute approximate surface area is 117 Å². The van der Waals surface area contributed by atoms with Gasteiger partial charge in [0.15, 0.2) is 11.5 Å². The topological polar surface area (TPSA) is 54.4 Å². The Kier molecular flexibility index (Phi) is 4.39. The summed E-state index contributed by atoms with van der Waals surface area (Å²) in [5, 5.41) is 13.0. The second-order valence-electron chi connectivity index (χ2n) is 4.39. The molecule has 0 amide bonds. The molecule has 4 nitrogen and oxygen atoms in total. The number of nitrogens with one attached hydrogen (secondary N) is 1. The number of benzene rings is 1. The highest BCUT2D eigenvalue weighted by molar-refractivity contribution is 7.09. The fraction of sp³-hybridized carbons (Fsp3) is 0.357. The third-order valence-electron chi connectivity index (χ3n) is 3.12. The highest BCUT2D eigenvalue weighted by atomic mass is 32.1. The Balaban J connectivity index is 2.03. The molecule has 1 atom stereocenters. The Bertz CT molecular complexity index is 554. The summed E-state index contributed by atoms with van der Waals surface area (Å²) in [6.07, 6.45) is 0. The summed E-state index contributed by atoms with van der Waals surface area (Å²) in [7, 11) is 1.55. The van der Waals surface area contributed by atoms with Crippen molar-refractivity contribution < 1.29 is 9.84 Å². The van der Waals surface area contributed by atoms with Crippen molar-refractivity contribution in [3.05, 3.63) is 39.8 Å². The van der Waals surface area contributed by atoms with E-state index in [0.29, 0.717) is 5.75 Å². The number of hydrogen-bond acceptors (Lipinski definition) is 5. The van der Waals surface area contributed by atoms with Crippen LogP contribution in [0, 0.1) is 6.92 Å². The lowest BCUT2D eigenvalue weighted by molar-refractivity contribution is 0.372. The van der Waals surface area contributed by atoms with Gasteiger partial charge in [0.05, 0.1) is 18.3 Å². The van der Waals surface area contributed by atoms with Gasteiger partial charge in [-0.15, -0.1) is 11.3 Å². The van der Waals surface area contributed by atoms with Gasteiger partial charge < -0.3 is 15.2 Å². The van der Waals surface area contributed by atoms with E-state index in [9.17, 15) is 5.11 Å². The first-order valence-corrected chi connectivity index (χ1v) is 6.99. The summed E-state index contributed by atoms with van der Waals surface area (Å²) in [4.78, 5) is 5.48. The number of rotatable bonds is 5. The van der Waals surface area contributed by atoms with E-state index >= 15 is 0 Å². The smallest absolute Gasteiger partial charge is 0.160 e. The highest BCUT2D eigenvalue weighted by Gasteiger charge is 2.10. The number of thiazole rings is 1. The van der Waals surface area contributed by atoms with Crippen molar-refractivity contribution in [2.75, 3.05) is 7.11 Å². The molecule has 19 heavy (non-hydrogen) atoms. The van der Waals surface area contributed by atoms with Gasteiger partial charge in [-0.05, 0) is 31.5 Å². The van der Waals surface area contributed by atoms with Gasteiger partial charge in [-0.3, -0.25) is 0 Å². The van der Waals surface area contributed by atoms with Crippen LogP contribution in [0.25, 0.3) is 0 Å². The first kappa shape index (κ1) is 13.8. The standard InChI is InChI=1S/C14H18N2O2S/c1-9(15-7-14-10(2)16-8-19-14)11-4-5-12(17)13(6-11)18-3/h4-6,8-9,15,17H,7H2,1-3H3. The molecule has 0 bridgehead atoms. The molecule has 0 radical (unpaired) electrons. The van der Waals surface area contributed by atoms with Gasteiger partial charge in [0.1, 0.15) is 0 Å². The van der Waals surface area contributed by atoms with Crippen LogP contribution in [0.1, 0.15) is 29.1 Å². The van der Waals surface area contributed by atoms with Gasteiger partial charge >= 0.3 is 0 Å². The van der Waals surface area contributed by atoms with Crippen molar-refractivity contribution in [3.8, 4) is 11.5 Å². The van der Waals surface area contributed by atoms with E-state index in [1.807, 2.05) is 24.6 Å². The quantitative estimate of drug-likeness (QED) is 0.882. The number of phenolic OH excluding ortho intramolecular Hbond substituents is 1. The molecule has 0 saturated carbocycles. The molecule has 2 rings (SSSR count). The Morgan fingerprint density at radius 2 is 2.26 bits per heavy atom. The largest absolute Gasteiger partial charge is 0.504 e. The van der Waals surface area contributed by atoms with Crippen molar-refractivity contribution >= 4 is 11.3 Å². The van der Waals surface area contributed by atoms with Crippen LogP contribution in [0.2, 0.25) is 0 Å². The van der Waals surface area contributed by atoms with Crippen molar-refractivity contribution in [3.63, 3.8) is 0 Å². The van der Waals surface area contributed by atoms with E-state index in [0.717, 1.165) is 17.8 Å². The second-order valence-corrected chi connectivity index (χ2v) is 5.33. The molecule has 1 aromatic heterocycles. The number of aromatic nitrogens is 1. The van der Waals surface area contributed by atoms with E-state index < -0.39 is 0 Å². The maximum atomic E-state index is 9.58. The van der Waals surface area contributed by atoms with Crippen molar-refractivity contribution in [1.82, 2.24) is 10.3 Å². The first-order chi connectivity index (χ1) is 9.11. The molecule has 0 spiro atoms. The maximum absolute atomic E-state index is 9.58.